The van der Waals surface area contributed by atoms with Crippen molar-refractivity contribution in [3.63, 3.8) is 0 Å². The monoisotopic (exact) mass is 190 g/mol. The standard InChI is InChI=1S/C10H10N2S/c11-6-10(3-4-10)7-1-2-8(12)9(13)5-7/h1-2,5,13H,3-4,12H2. The second-order valence-electron chi connectivity index (χ2n) is 3.47. The average molecular weight is 190 g/mol. The van der Waals surface area contributed by atoms with Crippen LogP contribution in [0.3, 0.4) is 0 Å². The zero-order valence-corrected chi connectivity index (χ0v) is 8.01. The van der Waals surface area contributed by atoms with E-state index >= 15 is 0 Å². The molecule has 2 nitrogen and oxygen atoms in total. The summed E-state index contributed by atoms with van der Waals surface area (Å²) in [6.07, 6.45) is 1.92. The molecule has 13 heavy (non-hydrogen) atoms. The topological polar surface area (TPSA) is 49.8 Å². The molecule has 3 heteroatoms. The van der Waals surface area contributed by atoms with Crippen molar-refractivity contribution in [3.05, 3.63) is 23.8 Å². The van der Waals surface area contributed by atoms with Crippen molar-refractivity contribution in [1.29, 1.82) is 5.26 Å². The van der Waals surface area contributed by atoms with E-state index in [1.807, 2.05) is 18.2 Å². The molecule has 0 aromatic heterocycles. The molecule has 2 rings (SSSR count). The fraction of sp³-hybridized carbons (Fsp3) is 0.300. The second kappa shape index (κ2) is 2.68. The molecule has 1 aliphatic carbocycles. The first-order valence-corrected chi connectivity index (χ1v) is 4.63. The van der Waals surface area contributed by atoms with E-state index in [2.05, 4.69) is 18.7 Å². The maximum atomic E-state index is 8.96. The highest BCUT2D eigenvalue weighted by atomic mass is 32.1. The van der Waals surface area contributed by atoms with Crippen molar-refractivity contribution < 1.29 is 0 Å². The summed E-state index contributed by atoms with van der Waals surface area (Å²) in [6, 6.07) is 7.97. The Labute approximate surface area is 82.8 Å². The molecule has 1 saturated carbocycles. The normalized spacial score (nSPS) is 17.8. The summed E-state index contributed by atoms with van der Waals surface area (Å²) in [5, 5.41) is 8.96. The SMILES string of the molecule is N#CC1(c2ccc(N)c(S)c2)CC1. The summed E-state index contributed by atoms with van der Waals surface area (Å²) in [5.74, 6) is 0. The van der Waals surface area contributed by atoms with Gasteiger partial charge in [-0.2, -0.15) is 5.26 Å². The van der Waals surface area contributed by atoms with E-state index in [4.69, 9.17) is 11.0 Å². The molecule has 2 N–H and O–H groups in total. The molecule has 0 saturated heterocycles. The van der Waals surface area contributed by atoms with E-state index < -0.39 is 0 Å². The van der Waals surface area contributed by atoms with Gasteiger partial charge < -0.3 is 5.73 Å². The molecule has 0 amide bonds. The number of anilines is 1. The Bertz CT molecular complexity index is 388. The summed E-state index contributed by atoms with van der Waals surface area (Å²) in [4.78, 5) is 0.763. The van der Waals surface area contributed by atoms with E-state index in [0.29, 0.717) is 5.69 Å². The number of nitrogens with zero attached hydrogens (tertiary/aromatic N) is 1. The van der Waals surface area contributed by atoms with Crippen LogP contribution in [0.2, 0.25) is 0 Å². The molecule has 66 valence electrons. The summed E-state index contributed by atoms with van der Waals surface area (Å²) >= 11 is 4.23. The predicted octanol–water partition coefficient (Wildman–Crippen LogP) is 2.11. The number of thiol groups is 1. The molecule has 0 unspecified atom stereocenters. The zero-order valence-electron chi connectivity index (χ0n) is 7.12. The van der Waals surface area contributed by atoms with Gasteiger partial charge in [0.2, 0.25) is 0 Å². The summed E-state index contributed by atoms with van der Waals surface area (Å²) in [5.41, 5.74) is 7.12. The molecule has 0 heterocycles. The quantitative estimate of drug-likeness (QED) is 0.526. The van der Waals surface area contributed by atoms with Crippen LogP contribution in [0.1, 0.15) is 18.4 Å². The van der Waals surface area contributed by atoms with Crippen LogP contribution in [0.5, 0.6) is 0 Å². The van der Waals surface area contributed by atoms with Crippen molar-refractivity contribution in [2.24, 2.45) is 0 Å². The smallest absolute Gasteiger partial charge is 0.0824 e. The number of nitrogen functional groups attached to an aromatic ring is 1. The molecule has 0 spiro atoms. The summed E-state index contributed by atoms with van der Waals surface area (Å²) in [7, 11) is 0. The van der Waals surface area contributed by atoms with Gasteiger partial charge in [-0.05, 0) is 30.5 Å². The van der Waals surface area contributed by atoms with Crippen molar-refractivity contribution in [2.45, 2.75) is 23.2 Å². The van der Waals surface area contributed by atoms with Crippen LogP contribution < -0.4 is 5.73 Å². The van der Waals surface area contributed by atoms with Crippen molar-refractivity contribution in [2.75, 3.05) is 5.73 Å². The second-order valence-corrected chi connectivity index (χ2v) is 3.95. The van der Waals surface area contributed by atoms with E-state index in [0.717, 1.165) is 23.3 Å². The maximum Gasteiger partial charge on any atom is 0.0824 e. The lowest BCUT2D eigenvalue weighted by atomic mass is 9.98. The minimum Gasteiger partial charge on any atom is -0.398 e. The van der Waals surface area contributed by atoms with Crippen LogP contribution in [-0.4, -0.2) is 0 Å². The first kappa shape index (κ1) is 8.46. The van der Waals surface area contributed by atoms with Gasteiger partial charge in [0.25, 0.3) is 0 Å². The Morgan fingerprint density at radius 2 is 2.15 bits per heavy atom. The van der Waals surface area contributed by atoms with E-state index in [1.54, 1.807) is 0 Å². The third-order valence-electron chi connectivity index (χ3n) is 2.55. The lowest BCUT2D eigenvalue weighted by molar-refractivity contribution is 0.903. The fourth-order valence-corrected chi connectivity index (χ4v) is 1.64. The van der Waals surface area contributed by atoms with E-state index in [-0.39, 0.29) is 5.41 Å². The predicted molar refractivity (Wildman–Crippen MR) is 54.6 cm³/mol. The van der Waals surface area contributed by atoms with Gasteiger partial charge in [-0.1, -0.05) is 6.07 Å². The Morgan fingerprint density at radius 3 is 2.62 bits per heavy atom. The fourth-order valence-electron chi connectivity index (χ4n) is 1.43. The number of benzene rings is 1. The lowest BCUT2D eigenvalue weighted by Crippen LogP contribution is -2.02. The Morgan fingerprint density at radius 1 is 1.46 bits per heavy atom. The Balaban J connectivity index is 2.44. The average Bonchev–Trinajstić information content (AvgIpc) is 2.90. The van der Waals surface area contributed by atoms with Gasteiger partial charge in [-0.15, -0.1) is 12.6 Å². The number of nitriles is 1. The van der Waals surface area contributed by atoms with Gasteiger partial charge in [-0.25, -0.2) is 0 Å². The maximum absolute atomic E-state index is 8.96. The van der Waals surface area contributed by atoms with Crippen LogP contribution in [0, 0.1) is 11.3 Å². The van der Waals surface area contributed by atoms with Crippen LogP contribution >= 0.6 is 12.6 Å². The number of rotatable bonds is 1. The van der Waals surface area contributed by atoms with Gasteiger partial charge in [0.05, 0.1) is 11.5 Å². The molecule has 1 fully saturated rings. The van der Waals surface area contributed by atoms with Crippen molar-refractivity contribution in [1.82, 2.24) is 0 Å². The van der Waals surface area contributed by atoms with Gasteiger partial charge in [-0.3, -0.25) is 0 Å². The van der Waals surface area contributed by atoms with Gasteiger partial charge in [0.1, 0.15) is 0 Å². The number of nitrogens with two attached hydrogens (primary N) is 1. The number of hydrogen-bond donors (Lipinski definition) is 2. The van der Waals surface area contributed by atoms with E-state index in [1.165, 1.54) is 0 Å². The van der Waals surface area contributed by atoms with Gasteiger partial charge >= 0.3 is 0 Å². The van der Waals surface area contributed by atoms with Crippen LogP contribution in [0.25, 0.3) is 0 Å². The van der Waals surface area contributed by atoms with E-state index in [9.17, 15) is 0 Å². The van der Waals surface area contributed by atoms with Crippen molar-refractivity contribution in [3.8, 4) is 6.07 Å². The minimum atomic E-state index is -0.231. The Kier molecular flexibility index (Phi) is 1.74. The molecule has 1 aliphatic rings. The highest BCUT2D eigenvalue weighted by Crippen LogP contribution is 2.48. The summed E-state index contributed by atoms with van der Waals surface area (Å²) in [6.45, 7) is 0. The van der Waals surface area contributed by atoms with Crippen LogP contribution in [0.15, 0.2) is 23.1 Å². The largest absolute Gasteiger partial charge is 0.398 e. The molecule has 0 radical (unpaired) electrons. The highest BCUT2D eigenvalue weighted by molar-refractivity contribution is 7.80. The highest BCUT2D eigenvalue weighted by Gasteiger charge is 2.44. The minimum absolute atomic E-state index is 0.231. The Hall–Kier alpha value is -1.14. The zero-order chi connectivity index (χ0) is 9.47. The lowest BCUT2D eigenvalue weighted by Gasteiger charge is -2.07. The van der Waals surface area contributed by atoms with Crippen molar-refractivity contribution >= 4 is 18.3 Å². The third kappa shape index (κ3) is 1.27. The number of hydrogen-bond acceptors (Lipinski definition) is 3. The molecule has 0 bridgehead atoms. The molecular weight excluding hydrogens is 180 g/mol. The molecule has 0 aliphatic heterocycles. The van der Waals surface area contributed by atoms with Gasteiger partial charge in [0.15, 0.2) is 0 Å². The molecule has 1 aromatic carbocycles. The first-order chi connectivity index (χ1) is 6.18. The summed E-state index contributed by atoms with van der Waals surface area (Å²) < 4.78 is 0. The first-order valence-electron chi connectivity index (χ1n) is 4.18. The molecule has 0 atom stereocenters. The van der Waals surface area contributed by atoms with Gasteiger partial charge in [0, 0.05) is 10.6 Å². The van der Waals surface area contributed by atoms with Crippen LogP contribution in [0.4, 0.5) is 5.69 Å². The molecule has 1 aromatic rings. The van der Waals surface area contributed by atoms with Crippen LogP contribution in [-0.2, 0) is 5.41 Å². The molecular formula is C10H10N2S. The third-order valence-corrected chi connectivity index (χ3v) is 2.93.